The van der Waals surface area contributed by atoms with Gasteiger partial charge in [-0.25, -0.2) is 4.52 Å². The first-order valence-corrected chi connectivity index (χ1v) is 7.04. The Kier molecular flexibility index (Phi) is 3.56. The van der Waals surface area contributed by atoms with Crippen LogP contribution in [0.3, 0.4) is 0 Å². The molecule has 20 heavy (non-hydrogen) atoms. The number of phenolic OH excluding ortho intramolecular Hbond substituents is 1. The fourth-order valence-electron chi connectivity index (χ4n) is 1.93. The second-order valence-electron chi connectivity index (χ2n) is 4.40. The van der Waals surface area contributed by atoms with Gasteiger partial charge >= 0.3 is 0 Å². The molecule has 0 unspecified atom stereocenters. The molecule has 0 saturated heterocycles. The number of nitrogens with one attached hydrogen (secondary N) is 1. The van der Waals surface area contributed by atoms with E-state index in [9.17, 15) is 5.11 Å². The molecular formula is C14H13BrN4O. The van der Waals surface area contributed by atoms with E-state index in [1.165, 1.54) is 0 Å². The minimum absolute atomic E-state index is 0.286. The summed E-state index contributed by atoms with van der Waals surface area (Å²) in [6.07, 6.45) is 2.70. The summed E-state index contributed by atoms with van der Waals surface area (Å²) >= 11 is 3.45. The Balaban J connectivity index is 1.65. The zero-order valence-electron chi connectivity index (χ0n) is 10.6. The van der Waals surface area contributed by atoms with Gasteiger partial charge in [0, 0.05) is 12.7 Å². The van der Waals surface area contributed by atoms with Crippen molar-refractivity contribution in [3.05, 3.63) is 52.6 Å². The second-order valence-corrected chi connectivity index (χ2v) is 5.26. The molecule has 0 radical (unpaired) electrons. The van der Waals surface area contributed by atoms with E-state index in [2.05, 4.69) is 31.3 Å². The molecule has 2 heterocycles. The van der Waals surface area contributed by atoms with Gasteiger partial charge in [-0.2, -0.15) is 4.98 Å². The number of pyridine rings is 1. The summed E-state index contributed by atoms with van der Waals surface area (Å²) in [5.74, 6) is 0.893. The molecular weight excluding hydrogens is 320 g/mol. The number of hydrogen-bond donors (Lipinski definition) is 2. The molecule has 0 saturated carbocycles. The molecule has 0 amide bonds. The van der Waals surface area contributed by atoms with Gasteiger partial charge in [0.2, 0.25) is 5.95 Å². The van der Waals surface area contributed by atoms with Gasteiger partial charge in [-0.15, -0.1) is 5.10 Å². The van der Waals surface area contributed by atoms with E-state index in [4.69, 9.17) is 0 Å². The molecule has 0 aliphatic carbocycles. The van der Waals surface area contributed by atoms with Gasteiger partial charge in [-0.3, -0.25) is 0 Å². The lowest BCUT2D eigenvalue weighted by atomic mass is 10.1. The third-order valence-electron chi connectivity index (χ3n) is 2.95. The van der Waals surface area contributed by atoms with Gasteiger partial charge in [-0.1, -0.05) is 12.1 Å². The van der Waals surface area contributed by atoms with Crippen molar-refractivity contribution in [2.45, 2.75) is 6.42 Å². The maximum absolute atomic E-state index is 9.22. The van der Waals surface area contributed by atoms with Gasteiger partial charge in [0.05, 0.1) is 4.47 Å². The van der Waals surface area contributed by atoms with E-state index in [-0.39, 0.29) is 5.75 Å². The summed E-state index contributed by atoms with van der Waals surface area (Å²) in [4.78, 5) is 4.41. The van der Waals surface area contributed by atoms with Crippen LogP contribution < -0.4 is 5.32 Å². The predicted octanol–water partition coefficient (Wildman–Crippen LogP) is 2.85. The Labute approximate surface area is 124 Å². The Hall–Kier alpha value is -2.08. The molecule has 0 atom stereocenters. The molecule has 0 bridgehead atoms. The molecule has 0 spiro atoms. The smallest absolute Gasteiger partial charge is 0.243 e. The van der Waals surface area contributed by atoms with Crippen molar-refractivity contribution in [1.82, 2.24) is 14.6 Å². The van der Waals surface area contributed by atoms with Crippen LogP contribution in [0, 0.1) is 0 Å². The molecule has 0 aliphatic heterocycles. The molecule has 0 fully saturated rings. The average molecular weight is 333 g/mol. The molecule has 6 heteroatoms. The van der Waals surface area contributed by atoms with Crippen molar-refractivity contribution in [2.75, 3.05) is 11.9 Å². The lowest BCUT2D eigenvalue weighted by Gasteiger charge is -2.02. The maximum atomic E-state index is 9.22. The lowest BCUT2D eigenvalue weighted by molar-refractivity contribution is 0.475. The lowest BCUT2D eigenvalue weighted by Crippen LogP contribution is -2.06. The Morgan fingerprint density at radius 1 is 1.20 bits per heavy atom. The van der Waals surface area contributed by atoms with Crippen molar-refractivity contribution in [3.8, 4) is 5.75 Å². The van der Waals surface area contributed by atoms with Gasteiger partial charge in [0.1, 0.15) is 5.75 Å². The predicted molar refractivity (Wildman–Crippen MR) is 81.0 cm³/mol. The molecule has 0 aliphatic rings. The number of fused-ring (bicyclic) bond motifs is 1. The molecule has 102 valence electrons. The van der Waals surface area contributed by atoms with Crippen molar-refractivity contribution in [1.29, 1.82) is 0 Å². The van der Waals surface area contributed by atoms with E-state index in [0.29, 0.717) is 5.95 Å². The van der Waals surface area contributed by atoms with Gasteiger partial charge < -0.3 is 10.4 Å². The zero-order valence-corrected chi connectivity index (χ0v) is 12.2. The second kappa shape index (κ2) is 5.50. The molecule has 3 aromatic rings. The van der Waals surface area contributed by atoms with Crippen molar-refractivity contribution in [2.24, 2.45) is 0 Å². The highest BCUT2D eigenvalue weighted by molar-refractivity contribution is 9.10. The van der Waals surface area contributed by atoms with Crippen LogP contribution in [-0.2, 0) is 6.42 Å². The Bertz CT molecular complexity index is 724. The fourth-order valence-corrected chi connectivity index (χ4v) is 2.35. The molecule has 1 aromatic carbocycles. The quantitative estimate of drug-likeness (QED) is 0.771. The van der Waals surface area contributed by atoms with E-state index in [1.54, 1.807) is 16.6 Å². The normalized spacial score (nSPS) is 10.8. The van der Waals surface area contributed by atoms with Crippen LogP contribution in [0.2, 0.25) is 0 Å². The number of hydrogen-bond acceptors (Lipinski definition) is 4. The van der Waals surface area contributed by atoms with Crippen LogP contribution in [0.25, 0.3) is 5.65 Å². The van der Waals surface area contributed by atoms with E-state index in [0.717, 1.165) is 28.6 Å². The van der Waals surface area contributed by atoms with Crippen molar-refractivity contribution >= 4 is 27.5 Å². The number of nitrogens with zero attached hydrogens (tertiary/aromatic N) is 3. The van der Waals surface area contributed by atoms with Crippen LogP contribution in [0.1, 0.15) is 5.56 Å². The Morgan fingerprint density at radius 3 is 2.75 bits per heavy atom. The van der Waals surface area contributed by atoms with Crippen LogP contribution in [0.4, 0.5) is 5.95 Å². The molecule has 2 aromatic heterocycles. The van der Waals surface area contributed by atoms with E-state index < -0.39 is 0 Å². The number of benzene rings is 1. The summed E-state index contributed by atoms with van der Waals surface area (Å²) in [6, 6.07) is 11.0. The fraction of sp³-hybridized carbons (Fsp3) is 0.143. The minimum atomic E-state index is 0.286. The monoisotopic (exact) mass is 332 g/mol. The number of aromatic hydroxyl groups is 1. The largest absolute Gasteiger partial charge is 0.508 e. The first-order valence-electron chi connectivity index (χ1n) is 6.25. The first kappa shape index (κ1) is 12.9. The van der Waals surface area contributed by atoms with Crippen LogP contribution in [0.15, 0.2) is 47.1 Å². The first-order chi connectivity index (χ1) is 9.72. The zero-order chi connectivity index (χ0) is 13.9. The van der Waals surface area contributed by atoms with Gasteiger partial charge in [0.25, 0.3) is 0 Å². The van der Waals surface area contributed by atoms with Crippen LogP contribution in [-0.4, -0.2) is 26.2 Å². The number of anilines is 1. The van der Waals surface area contributed by atoms with E-state index >= 15 is 0 Å². The molecule has 5 nitrogen and oxygen atoms in total. The minimum Gasteiger partial charge on any atom is -0.508 e. The van der Waals surface area contributed by atoms with Crippen molar-refractivity contribution < 1.29 is 5.11 Å². The topological polar surface area (TPSA) is 62.5 Å². The highest BCUT2D eigenvalue weighted by Gasteiger charge is 2.05. The maximum Gasteiger partial charge on any atom is 0.243 e. The number of aromatic nitrogens is 3. The highest BCUT2D eigenvalue weighted by atomic mass is 79.9. The van der Waals surface area contributed by atoms with Crippen LogP contribution >= 0.6 is 15.9 Å². The highest BCUT2D eigenvalue weighted by Crippen LogP contribution is 2.16. The van der Waals surface area contributed by atoms with Gasteiger partial charge in [-0.05, 0) is 52.2 Å². The standard InChI is InChI=1S/C14H13BrN4O/c15-12-2-1-9-19-13(12)17-14(18-19)16-8-7-10-3-5-11(20)6-4-10/h1-6,9,20H,7-8H2,(H,16,18). The molecule has 2 N–H and O–H groups in total. The summed E-state index contributed by atoms with van der Waals surface area (Å²) in [5.41, 5.74) is 1.94. The summed E-state index contributed by atoms with van der Waals surface area (Å²) < 4.78 is 2.64. The summed E-state index contributed by atoms with van der Waals surface area (Å²) in [6.45, 7) is 0.735. The number of phenols is 1. The SMILES string of the molecule is Oc1ccc(CCNc2nc3c(Br)cccn3n2)cc1. The molecule has 3 rings (SSSR count). The van der Waals surface area contributed by atoms with Crippen LogP contribution in [0.5, 0.6) is 5.75 Å². The van der Waals surface area contributed by atoms with Gasteiger partial charge in [0.15, 0.2) is 5.65 Å². The summed E-state index contributed by atoms with van der Waals surface area (Å²) in [7, 11) is 0. The third-order valence-corrected chi connectivity index (χ3v) is 3.57. The average Bonchev–Trinajstić information content (AvgIpc) is 2.85. The number of rotatable bonds is 4. The van der Waals surface area contributed by atoms with Crippen molar-refractivity contribution in [3.63, 3.8) is 0 Å². The Morgan fingerprint density at radius 2 is 2.00 bits per heavy atom. The third kappa shape index (κ3) is 2.75. The van der Waals surface area contributed by atoms with E-state index in [1.807, 2.05) is 30.5 Å². The number of halogens is 1. The summed E-state index contributed by atoms with van der Waals surface area (Å²) in [5, 5.41) is 16.8.